The van der Waals surface area contributed by atoms with Crippen LogP contribution in [0.4, 0.5) is 0 Å². The van der Waals surface area contributed by atoms with Crippen LogP contribution in [0.3, 0.4) is 0 Å². The van der Waals surface area contributed by atoms with Crippen molar-refractivity contribution < 1.29 is 18.9 Å². The second-order valence-corrected chi connectivity index (χ2v) is 5.21. The van der Waals surface area contributed by atoms with Gasteiger partial charge in [-0.15, -0.1) is 0 Å². The van der Waals surface area contributed by atoms with E-state index in [-0.39, 0.29) is 6.29 Å². The number of nitrogens with zero attached hydrogens (tertiary/aromatic N) is 1. The number of ether oxygens (including phenoxy) is 4. The Morgan fingerprint density at radius 2 is 2.00 bits per heavy atom. The molecule has 118 valence electrons. The molecule has 1 atom stereocenters. The molecule has 0 radical (unpaired) electrons. The standard InChI is InChI=1S/C15H22ClNO4/c16-14-5-4-13(11-17-14)12-19-8-7-18-9-10-21-15-3-1-2-6-20-15/h4-5,11,15H,1-3,6-10,12H2. The fourth-order valence-electron chi connectivity index (χ4n) is 1.98. The van der Waals surface area contributed by atoms with Crippen LogP contribution >= 0.6 is 11.6 Å². The van der Waals surface area contributed by atoms with E-state index in [0.29, 0.717) is 38.2 Å². The van der Waals surface area contributed by atoms with E-state index in [1.807, 2.05) is 6.07 Å². The molecule has 1 aromatic heterocycles. The largest absolute Gasteiger partial charge is 0.377 e. The van der Waals surface area contributed by atoms with E-state index < -0.39 is 0 Å². The van der Waals surface area contributed by atoms with Gasteiger partial charge in [-0.25, -0.2) is 4.98 Å². The van der Waals surface area contributed by atoms with Crippen molar-refractivity contribution in [2.75, 3.05) is 33.0 Å². The van der Waals surface area contributed by atoms with Crippen molar-refractivity contribution >= 4 is 11.6 Å². The summed E-state index contributed by atoms with van der Waals surface area (Å²) in [5.74, 6) is 0. The van der Waals surface area contributed by atoms with Gasteiger partial charge < -0.3 is 18.9 Å². The Morgan fingerprint density at radius 3 is 2.76 bits per heavy atom. The molecular formula is C15H22ClNO4. The Balaban J connectivity index is 1.40. The lowest BCUT2D eigenvalue weighted by Gasteiger charge is -2.22. The Morgan fingerprint density at radius 1 is 1.14 bits per heavy atom. The van der Waals surface area contributed by atoms with Gasteiger partial charge in [0.1, 0.15) is 5.15 Å². The van der Waals surface area contributed by atoms with Crippen molar-refractivity contribution in [2.45, 2.75) is 32.2 Å². The summed E-state index contributed by atoms with van der Waals surface area (Å²) in [6.45, 7) is 3.54. The first-order valence-corrected chi connectivity index (χ1v) is 7.71. The van der Waals surface area contributed by atoms with E-state index in [1.54, 1.807) is 12.3 Å². The van der Waals surface area contributed by atoms with Gasteiger partial charge in [0.05, 0.1) is 33.0 Å². The quantitative estimate of drug-likeness (QED) is 0.518. The Hall–Kier alpha value is -0.720. The highest BCUT2D eigenvalue weighted by molar-refractivity contribution is 6.29. The van der Waals surface area contributed by atoms with Gasteiger partial charge >= 0.3 is 0 Å². The molecule has 1 aliphatic rings. The molecule has 5 nitrogen and oxygen atoms in total. The molecule has 1 fully saturated rings. The van der Waals surface area contributed by atoms with E-state index in [4.69, 9.17) is 30.5 Å². The lowest BCUT2D eigenvalue weighted by atomic mass is 10.2. The predicted molar refractivity (Wildman–Crippen MR) is 79.3 cm³/mol. The second-order valence-electron chi connectivity index (χ2n) is 4.82. The second kappa shape index (κ2) is 10.1. The van der Waals surface area contributed by atoms with Gasteiger partial charge in [0.25, 0.3) is 0 Å². The molecule has 1 aliphatic heterocycles. The molecular weight excluding hydrogens is 294 g/mol. The normalized spacial score (nSPS) is 18.8. The van der Waals surface area contributed by atoms with Gasteiger partial charge in [-0.3, -0.25) is 0 Å². The molecule has 0 N–H and O–H groups in total. The van der Waals surface area contributed by atoms with Crippen LogP contribution < -0.4 is 0 Å². The zero-order chi connectivity index (χ0) is 14.8. The molecule has 0 aromatic carbocycles. The number of halogens is 1. The van der Waals surface area contributed by atoms with Crippen LogP contribution in [0.5, 0.6) is 0 Å². The molecule has 0 saturated carbocycles. The van der Waals surface area contributed by atoms with Crippen LogP contribution in [-0.4, -0.2) is 44.3 Å². The van der Waals surface area contributed by atoms with Crippen LogP contribution in [0, 0.1) is 0 Å². The van der Waals surface area contributed by atoms with Crippen LogP contribution in [0.25, 0.3) is 0 Å². The van der Waals surface area contributed by atoms with Crippen LogP contribution in [-0.2, 0) is 25.6 Å². The molecule has 1 saturated heterocycles. The first kappa shape index (κ1) is 16.6. The number of hydrogen-bond acceptors (Lipinski definition) is 5. The lowest BCUT2D eigenvalue weighted by Crippen LogP contribution is -2.24. The van der Waals surface area contributed by atoms with Crippen molar-refractivity contribution in [3.05, 3.63) is 29.0 Å². The summed E-state index contributed by atoms with van der Waals surface area (Å²) in [5, 5.41) is 0.490. The fraction of sp³-hybridized carbons (Fsp3) is 0.667. The van der Waals surface area contributed by atoms with Crippen LogP contribution in [0.1, 0.15) is 24.8 Å². The molecule has 1 aromatic rings. The summed E-state index contributed by atoms with van der Waals surface area (Å²) in [6.07, 6.45) is 4.96. The number of pyridine rings is 1. The smallest absolute Gasteiger partial charge is 0.157 e. The Kier molecular flexibility index (Phi) is 7.99. The maximum atomic E-state index is 5.71. The SMILES string of the molecule is Clc1ccc(COCCOCCOC2CCCCO2)cn1. The van der Waals surface area contributed by atoms with E-state index in [1.165, 1.54) is 6.42 Å². The minimum atomic E-state index is -0.0454. The highest BCUT2D eigenvalue weighted by Crippen LogP contribution is 2.13. The molecule has 21 heavy (non-hydrogen) atoms. The molecule has 0 bridgehead atoms. The minimum absolute atomic E-state index is 0.0454. The predicted octanol–water partition coefficient (Wildman–Crippen LogP) is 2.81. The summed E-state index contributed by atoms with van der Waals surface area (Å²) in [7, 11) is 0. The zero-order valence-electron chi connectivity index (χ0n) is 12.1. The van der Waals surface area contributed by atoms with E-state index in [0.717, 1.165) is 25.0 Å². The topological polar surface area (TPSA) is 49.8 Å². The van der Waals surface area contributed by atoms with Crippen LogP contribution in [0.2, 0.25) is 5.15 Å². The van der Waals surface area contributed by atoms with Gasteiger partial charge in [-0.1, -0.05) is 17.7 Å². The Bertz CT molecular complexity index is 382. The fourth-order valence-corrected chi connectivity index (χ4v) is 2.09. The van der Waals surface area contributed by atoms with Crippen molar-refractivity contribution in [2.24, 2.45) is 0 Å². The first-order valence-electron chi connectivity index (χ1n) is 7.34. The summed E-state index contributed by atoms with van der Waals surface area (Å²) < 4.78 is 21.9. The average molecular weight is 316 g/mol. The van der Waals surface area contributed by atoms with Crippen molar-refractivity contribution in [1.29, 1.82) is 0 Å². The highest BCUT2D eigenvalue weighted by Gasteiger charge is 2.13. The highest BCUT2D eigenvalue weighted by atomic mass is 35.5. The molecule has 2 heterocycles. The van der Waals surface area contributed by atoms with Gasteiger partial charge in [0.15, 0.2) is 6.29 Å². The van der Waals surface area contributed by atoms with E-state index in [2.05, 4.69) is 4.98 Å². The molecule has 6 heteroatoms. The van der Waals surface area contributed by atoms with Gasteiger partial charge in [-0.2, -0.15) is 0 Å². The third-order valence-corrected chi connectivity index (χ3v) is 3.32. The number of hydrogen-bond donors (Lipinski definition) is 0. The molecule has 2 rings (SSSR count). The van der Waals surface area contributed by atoms with Gasteiger partial charge in [-0.05, 0) is 30.9 Å². The monoisotopic (exact) mass is 315 g/mol. The first-order chi connectivity index (χ1) is 10.3. The van der Waals surface area contributed by atoms with E-state index in [9.17, 15) is 0 Å². The molecule has 0 aliphatic carbocycles. The summed E-state index contributed by atoms with van der Waals surface area (Å²) in [6, 6.07) is 3.65. The maximum Gasteiger partial charge on any atom is 0.157 e. The molecule has 0 spiro atoms. The summed E-state index contributed by atoms with van der Waals surface area (Å²) >= 11 is 5.71. The van der Waals surface area contributed by atoms with Crippen molar-refractivity contribution in [3.63, 3.8) is 0 Å². The Labute approximate surface area is 130 Å². The lowest BCUT2D eigenvalue weighted by molar-refractivity contribution is -0.169. The third-order valence-electron chi connectivity index (χ3n) is 3.10. The number of aromatic nitrogens is 1. The molecule has 1 unspecified atom stereocenters. The summed E-state index contributed by atoms with van der Waals surface area (Å²) in [4.78, 5) is 3.99. The zero-order valence-corrected chi connectivity index (χ0v) is 12.9. The maximum absolute atomic E-state index is 5.71. The van der Waals surface area contributed by atoms with Crippen molar-refractivity contribution in [3.8, 4) is 0 Å². The average Bonchev–Trinajstić information content (AvgIpc) is 2.53. The minimum Gasteiger partial charge on any atom is -0.377 e. The van der Waals surface area contributed by atoms with Crippen LogP contribution in [0.15, 0.2) is 18.3 Å². The number of rotatable bonds is 9. The van der Waals surface area contributed by atoms with Gasteiger partial charge in [0.2, 0.25) is 0 Å². The van der Waals surface area contributed by atoms with Crippen molar-refractivity contribution in [1.82, 2.24) is 4.98 Å². The van der Waals surface area contributed by atoms with E-state index >= 15 is 0 Å². The third kappa shape index (κ3) is 7.20. The summed E-state index contributed by atoms with van der Waals surface area (Å²) in [5.41, 5.74) is 0.997. The van der Waals surface area contributed by atoms with Gasteiger partial charge in [0, 0.05) is 12.8 Å². The molecule has 0 amide bonds.